The number of ether oxygens (including phenoxy) is 1. The molecule has 1 amide bonds. The van der Waals surface area contributed by atoms with E-state index in [1.54, 1.807) is 32.9 Å². The van der Waals surface area contributed by atoms with Crippen molar-refractivity contribution in [3.63, 3.8) is 0 Å². The van der Waals surface area contributed by atoms with Crippen molar-refractivity contribution in [1.82, 2.24) is 9.88 Å². The summed E-state index contributed by atoms with van der Waals surface area (Å²) < 4.78 is 30.7. The van der Waals surface area contributed by atoms with Crippen LogP contribution in [0.2, 0.25) is 0 Å². The summed E-state index contributed by atoms with van der Waals surface area (Å²) in [6.45, 7) is 5.19. The highest BCUT2D eigenvalue weighted by atomic mass is 19.3. The molecule has 0 fully saturated rings. The molecular weight excluding hydrogens is 266 g/mol. The van der Waals surface area contributed by atoms with E-state index in [4.69, 9.17) is 4.74 Å². The molecule has 0 N–H and O–H groups in total. The summed E-state index contributed by atoms with van der Waals surface area (Å²) in [6, 6.07) is 2.50. The number of alkyl halides is 2. The molecule has 0 aliphatic carbocycles. The molecule has 1 atom stereocenters. The Kier molecular flexibility index (Phi) is 5.42. The van der Waals surface area contributed by atoms with Crippen LogP contribution < -0.4 is 0 Å². The van der Waals surface area contributed by atoms with Crippen LogP contribution in [0.1, 0.15) is 38.8 Å². The van der Waals surface area contributed by atoms with E-state index in [0.29, 0.717) is 5.56 Å². The molecule has 20 heavy (non-hydrogen) atoms. The lowest BCUT2D eigenvalue weighted by atomic mass is 10.0. The Morgan fingerprint density at radius 2 is 1.90 bits per heavy atom. The molecule has 1 aromatic rings. The van der Waals surface area contributed by atoms with Crippen LogP contribution in [0.5, 0.6) is 0 Å². The van der Waals surface area contributed by atoms with Crippen LogP contribution in [-0.4, -0.2) is 35.1 Å². The molecule has 0 bridgehead atoms. The van der Waals surface area contributed by atoms with Crippen LogP contribution in [-0.2, 0) is 4.74 Å². The minimum absolute atomic E-state index is 0.445. The number of hydrogen-bond acceptors (Lipinski definition) is 3. The summed E-state index contributed by atoms with van der Waals surface area (Å²) in [7, 11) is 1.46. The van der Waals surface area contributed by atoms with Crippen LogP contribution in [0.15, 0.2) is 24.5 Å². The molecule has 0 radical (unpaired) electrons. The molecule has 6 heteroatoms. The zero-order chi connectivity index (χ0) is 15.3. The topological polar surface area (TPSA) is 42.4 Å². The largest absolute Gasteiger partial charge is 0.444 e. The predicted molar refractivity (Wildman–Crippen MR) is 71.6 cm³/mol. The maximum Gasteiger partial charge on any atom is 0.410 e. The van der Waals surface area contributed by atoms with Crippen LogP contribution in [0, 0.1) is 0 Å². The zero-order valence-electron chi connectivity index (χ0n) is 12.1. The van der Waals surface area contributed by atoms with Crippen LogP contribution in [0.4, 0.5) is 13.6 Å². The van der Waals surface area contributed by atoms with Gasteiger partial charge in [-0.1, -0.05) is 0 Å². The fraction of sp³-hybridized carbons (Fsp3) is 0.571. The number of nitrogens with zero attached hydrogens (tertiary/aromatic N) is 2. The van der Waals surface area contributed by atoms with Gasteiger partial charge in [0.1, 0.15) is 5.60 Å². The summed E-state index contributed by atoms with van der Waals surface area (Å²) in [4.78, 5) is 17.0. The molecular formula is C14H20F2N2O2. The predicted octanol–water partition coefficient (Wildman–Crippen LogP) is 3.64. The van der Waals surface area contributed by atoms with Crippen molar-refractivity contribution in [2.75, 3.05) is 7.05 Å². The van der Waals surface area contributed by atoms with Gasteiger partial charge in [0, 0.05) is 25.9 Å². The lowest BCUT2D eigenvalue weighted by molar-refractivity contribution is 0.0141. The highest BCUT2D eigenvalue weighted by molar-refractivity contribution is 5.68. The zero-order valence-corrected chi connectivity index (χ0v) is 12.1. The second-order valence-corrected chi connectivity index (χ2v) is 5.51. The van der Waals surface area contributed by atoms with Gasteiger partial charge in [0.25, 0.3) is 0 Å². The van der Waals surface area contributed by atoms with Gasteiger partial charge in [-0.3, -0.25) is 4.98 Å². The van der Waals surface area contributed by atoms with E-state index < -0.39 is 30.6 Å². The Labute approximate surface area is 117 Å². The number of amides is 1. The Morgan fingerprint density at radius 3 is 2.35 bits per heavy atom. The molecule has 0 aromatic carbocycles. The quantitative estimate of drug-likeness (QED) is 0.848. The Bertz CT molecular complexity index is 433. The standard InChI is InChI=1S/C14H20F2N2O2/c1-14(2,3)20-13(19)18(4)11(9-12(15)16)10-5-7-17-8-6-10/h5-8,11-12H,9H2,1-4H3. The third-order valence-electron chi connectivity index (χ3n) is 2.64. The first-order chi connectivity index (χ1) is 9.20. The van der Waals surface area contributed by atoms with Crippen molar-refractivity contribution in [3.05, 3.63) is 30.1 Å². The molecule has 1 unspecified atom stereocenters. The van der Waals surface area contributed by atoms with E-state index in [0.717, 1.165) is 0 Å². The number of halogens is 2. The molecule has 0 spiro atoms. The fourth-order valence-electron chi connectivity index (χ4n) is 1.73. The van der Waals surface area contributed by atoms with E-state index in [2.05, 4.69) is 4.98 Å². The first-order valence-electron chi connectivity index (χ1n) is 6.34. The van der Waals surface area contributed by atoms with Gasteiger partial charge in [0.15, 0.2) is 0 Å². The Hall–Kier alpha value is -1.72. The maximum absolute atomic E-state index is 12.7. The van der Waals surface area contributed by atoms with Crippen molar-refractivity contribution in [1.29, 1.82) is 0 Å². The lowest BCUT2D eigenvalue weighted by Gasteiger charge is -2.30. The highest BCUT2D eigenvalue weighted by Crippen LogP contribution is 2.27. The smallest absolute Gasteiger partial charge is 0.410 e. The number of carbonyl (C=O) groups excluding carboxylic acids is 1. The second kappa shape index (κ2) is 6.63. The maximum atomic E-state index is 12.7. The summed E-state index contributed by atoms with van der Waals surface area (Å²) in [5.41, 5.74) is -0.0625. The molecule has 112 valence electrons. The van der Waals surface area contributed by atoms with Gasteiger partial charge in [-0.25, -0.2) is 13.6 Å². The molecule has 4 nitrogen and oxygen atoms in total. The van der Waals surface area contributed by atoms with Crippen molar-refractivity contribution < 1.29 is 18.3 Å². The van der Waals surface area contributed by atoms with E-state index in [1.807, 2.05) is 0 Å². The summed E-state index contributed by atoms with van der Waals surface area (Å²) in [5, 5.41) is 0. The van der Waals surface area contributed by atoms with Gasteiger partial charge in [0.2, 0.25) is 6.43 Å². The molecule has 1 heterocycles. The number of hydrogen-bond donors (Lipinski definition) is 0. The summed E-state index contributed by atoms with van der Waals surface area (Å²) in [6.07, 6.45) is -0.564. The number of rotatable bonds is 4. The number of carbonyl (C=O) groups is 1. The van der Waals surface area contributed by atoms with Crippen LogP contribution in [0.3, 0.4) is 0 Å². The molecule has 0 saturated heterocycles. The second-order valence-electron chi connectivity index (χ2n) is 5.51. The minimum Gasteiger partial charge on any atom is -0.444 e. The van der Waals surface area contributed by atoms with E-state index >= 15 is 0 Å². The molecule has 0 aliphatic heterocycles. The lowest BCUT2D eigenvalue weighted by Crippen LogP contribution is -2.37. The van der Waals surface area contributed by atoms with Gasteiger partial charge in [0.05, 0.1) is 6.04 Å². The van der Waals surface area contributed by atoms with Gasteiger partial charge in [-0.05, 0) is 38.5 Å². The minimum atomic E-state index is -2.52. The van der Waals surface area contributed by atoms with Crippen LogP contribution in [0.25, 0.3) is 0 Å². The van der Waals surface area contributed by atoms with Crippen LogP contribution >= 0.6 is 0 Å². The molecule has 0 aliphatic rings. The van der Waals surface area contributed by atoms with Crippen molar-refractivity contribution in [2.45, 2.75) is 45.3 Å². The highest BCUT2D eigenvalue weighted by Gasteiger charge is 2.28. The Morgan fingerprint density at radius 1 is 1.35 bits per heavy atom. The molecule has 0 saturated carbocycles. The molecule has 1 aromatic heterocycles. The summed E-state index contributed by atoms with van der Waals surface area (Å²) in [5.74, 6) is 0. The van der Waals surface area contributed by atoms with Crippen molar-refractivity contribution in [2.24, 2.45) is 0 Å². The van der Waals surface area contributed by atoms with Gasteiger partial charge < -0.3 is 9.64 Å². The third-order valence-corrected chi connectivity index (χ3v) is 2.64. The number of pyridine rings is 1. The first kappa shape index (κ1) is 16.3. The van der Waals surface area contributed by atoms with Gasteiger partial charge in [-0.15, -0.1) is 0 Å². The third kappa shape index (κ3) is 5.11. The van der Waals surface area contributed by atoms with Crippen molar-refractivity contribution >= 4 is 6.09 Å². The average Bonchev–Trinajstić information content (AvgIpc) is 2.34. The number of aromatic nitrogens is 1. The van der Waals surface area contributed by atoms with E-state index in [1.165, 1.54) is 24.3 Å². The van der Waals surface area contributed by atoms with Crippen molar-refractivity contribution in [3.8, 4) is 0 Å². The van der Waals surface area contributed by atoms with E-state index in [9.17, 15) is 13.6 Å². The monoisotopic (exact) mass is 286 g/mol. The van der Waals surface area contributed by atoms with Gasteiger partial charge >= 0.3 is 6.09 Å². The average molecular weight is 286 g/mol. The van der Waals surface area contributed by atoms with E-state index in [-0.39, 0.29) is 0 Å². The fourth-order valence-corrected chi connectivity index (χ4v) is 1.73. The summed E-state index contributed by atoms with van der Waals surface area (Å²) >= 11 is 0. The van der Waals surface area contributed by atoms with Gasteiger partial charge in [-0.2, -0.15) is 0 Å². The SMILES string of the molecule is CN(C(=O)OC(C)(C)C)C(CC(F)F)c1ccncc1. The first-order valence-corrected chi connectivity index (χ1v) is 6.34. The molecule has 1 rings (SSSR count). The Balaban J connectivity index is 2.91. The normalized spacial score (nSPS) is 13.2.